The Kier molecular flexibility index (Phi) is 6.98. The fourth-order valence-electron chi connectivity index (χ4n) is 0.832. The molecule has 0 fully saturated rings. The molecule has 10 heavy (non-hydrogen) atoms. The monoisotopic (exact) mass is 144 g/mol. The summed E-state index contributed by atoms with van der Waals surface area (Å²) in [6.45, 7) is 6.06. The number of hydrogen-bond acceptors (Lipinski definition) is 1. The van der Waals surface area contributed by atoms with Gasteiger partial charge in [-0.05, 0) is 25.3 Å². The molecule has 0 unspecified atom stereocenters. The average Bonchev–Trinajstić information content (AvgIpc) is 1.87. The molecule has 0 saturated heterocycles. The molecule has 0 atom stereocenters. The van der Waals surface area contributed by atoms with E-state index in [-0.39, 0.29) is 6.61 Å². The van der Waals surface area contributed by atoms with Gasteiger partial charge in [-0.3, -0.25) is 0 Å². The van der Waals surface area contributed by atoms with Gasteiger partial charge in [0.15, 0.2) is 0 Å². The van der Waals surface area contributed by atoms with Gasteiger partial charge < -0.3 is 5.32 Å². The lowest BCUT2D eigenvalue weighted by atomic mass is 10.1. The van der Waals surface area contributed by atoms with E-state index < -0.39 is 0 Å². The smallest absolute Gasteiger partial charge is 0.0946 e. The summed E-state index contributed by atoms with van der Waals surface area (Å²) in [5.41, 5.74) is 0. The molecule has 0 amide bonds. The second-order valence-electron chi connectivity index (χ2n) is 2.99. The van der Waals surface area contributed by atoms with Crippen molar-refractivity contribution in [2.24, 2.45) is 5.92 Å². The van der Waals surface area contributed by atoms with Gasteiger partial charge in [0.1, 0.15) is 0 Å². The minimum absolute atomic E-state index is 0.00167. The van der Waals surface area contributed by atoms with E-state index >= 15 is 0 Å². The molecule has 0 aliphatic rings. The highest BCUT2D eigenvalue weighted by molar-refractivity contribution is 4.49. The molecule has 0 aliphatic carbocycles. The molecule has 0 spiro atoms. The van der Waals surface area contributed by atoms with Gasteiger partial charge in [0.2, 0.25) is 0 Å². The predicted octanol–water partition coefficient (Wildman–Crippen LogP) is 1.44. The summed E-state index contributed by atoms with van der Waals surface area (Å²) in [4.78, 5) is 0. The maximum atomic E-state index is 9.96. The minimum Gasteiger partial charge on any atom is -0.314 e. The van der Waals surface area contributed by atoms with Crippen LogP contribution in [0.2, 0.25) is 0 Å². The summed E-state index contributed by atoms with van der Waals surface area (Å²) in [7, 11) is 0. The second-order valence-corrected chi connectivity index (χ2v) is 2.99. The largest absolute Gasteiger partial charge is 0.314 e. The van der Waals surface area contributed by atoms with Crippen LogP contribution in [-0.2, 0) is 5.11 Å². The van der Waals surface area contributed by atoms with Crippen LogP contribution in [0, 0.1) is 5.92 Å². The first-order valence-corrected chi connectivity index (χ1v) is 4.06. The zero-order valence-corrected chi connectivity index (χ0v) is 7.02. The van der Waals surface area contributed by atoms with Crippen LogP contribution in [0.3, 0.4) is 0 Å². The third-order valence-corrected chi connectivity index (χ3v) is 1.41. The van der Waals surface area contributed by atoms with Gasteiger partial charge in [0.05, 0.1) is 6.61 Å². The Labute approximate surface area is 63.6 Å². The van der Waals surface area contributed by atoms with Crippen LogP contribution >= 0.6 is 0 Å². The van der Waals surface area contributed by atoms with Crippen LogP contribution in [0.25, 0.3) is 0 Å². The van der Waals surface area contributed by atoms with Crippen molar-refractivity contribution in [3.63, 3.8) is 0 Å². The summed E-state index contributed by atoms with van der Waals surface area (Å²) in [6.07, 6.45) is 2.45. The van der Waals surface area contributed by atoms with Gasteiger partial charge >= 0.3 is 0 Å². The molecule has 0 aromatic carbocycles. The average molecular weight is 144 g/mol. The van der Waals surface area contributed by atoms with Crippen molar-refractivity contribution in [1.82, 2.24) is 5.32 Å². The maximum Gasteiger partial charge on any atom is 0.0946 e. The van der Waals surface area contributed by atoms with Gasteiger partial charge in [0.25, 0.3) is 0 Å². The van der Waals surface area contributed by atoms with Crippen LogP contribution < -0.4 is 5.32 Å². The fourth-order valence-corrected chi connectivity index (χ4v) is 0.832. The zero-order chi connectivity index (χ0) is 7.82. The Hall–Kier alpha value is -0.0800. The first-order valence-electron chi connectivity index (χ1n) is 4.06. The number of hydrogen-bond donors (Lipinski definition) is 1. The van der Waals surface area contributed by atoms with Crippen molar-refractivity contribution in [3.05, 3.63) is 0 Å². The van der Waals surface area contributed by atoms with E-state index in [4.69, 9.17) is 0 Å². The van der Waals surface area contributed by atoms with E-state index in [1.807, 2.05) is 0 Å². The molecule has 2 nitrogen and oxygen atoms in total. The van der Waals surface area contributed by atoms with Crippen molar-refractivity contribution in [2.75, 3.05) is 19.7 Å². The third kappa shape index (κ3) is 7.92. The Morgan fingerprint density at radius 2 is 2.00 bits per heavy atom. The summed E-state index contributed by atoms with van der Waals surface area (Å²) in [6, 6.07) is 0. The number of rotatable bonds is 6. The molecule has 61 valence electrons. The number of nitrogens with one attached hydrogen (secondary N) is 1. The van der Waals surface area contributed by atoms with Crippen LogP contribution in [0.4, 0.5) is 0 Å². The highest BCUT2D eigenvalue weighted by Gasteiger charge is 1.92. The molecule has 0 aliphatic heterocycles. The van der Waals surface area contributed by atoms with Crippen LogP contribution in [0.15, 0.2) is 0 Å². The van der Waals surface area contributed by atoms with Gasteiger partial charge in [0, 0.05) is 6.54 Å². The molecular formula is C8H18NO. The lowest BCUT2D eigenvalue weighted by molar-refractivity contribution is 0.194. The van der Waals surface area contributed by atoms with Gasteiger partial charge in [-0.2, -0.15) is 0 Å². The predicted molar refractivity (Wildman–Crippen MR) is 42.5 cm³/mol. The van der Waals surface area contributed by atoms with E-state index in [0.717, 1.165) is 12.5 Å². The normalized spacial score (nSPS) is 10.8. The van der Waals surface area contributed by atoms with Crippen molar-refractivity contribution >= 4 is 0 Å². The molecule has 2 heteroatoms. The first-order chi connectivity index (χ1) is 4.77. The topological polar surface area (TPSA) is 31.9 Å². The maximum absolute atomic E-state index is 9.96. The minimum atomic E-state index is 0.00167. The Morgan fingerprint density at radius 1 is 1.30 bits per heavy atom. The van der Waals surface area contributed by atoms with Crippen LogP contribution in [0.5, 0.6) is 0 Å². The van der Waals surface area contributed by atoms with E-state index in [1.54, 1.807) is 0 Å². The Bertz CT molecular complexity index is 64.3. The molecule has 1 radical (unpaired) electrons. The molecule has 0 saturated carbocycles. The summed E-state index contributed by atoms with van der Waals surface area (Å²) in [5.74, 6) is 0.786. The molecule has 0 heterocycles. The summed E-state index contributed by atoms with van der Waals surface area (Å²) < 4.78 is 0. The van der Waals surface area contributed by atoms with Crippen molar-refractivity contribution in [3.8, 4) is 0 Å². The van der Waals surface area contributed by atoms with E-state index in [1.165, 1.54) is 12.8 Å². The van der Waals surface area contributed by atoms with Crippen LogP contribution in [0.1, 0.15) is 26.7 Å². The van der Waals surface area contributed by atoms with Crippen molar-refractivity contribution < 1.29 is 5.11 Å². The highest BCUT2D eigenvalue weighted by Crippen LogP contribution is 2.01. The lowest BCUT2D eigenvalue weighted by Gasteiger charge is -2.03. The van der Waals surface area contributed by atoms with E-state index in [0.29, 0.717) is 6.54 Å². The molecule has 0 bridgehead atoms. The van der Waals surface area contributed by atoms with Crippen molar-refractivity contribution in [2.45, 2.75) is 26.7 Å². The van der Waals surface area contributed by atoms with Gasteiger partial charge in [-0.25, -0.2) is 5.11 Å². The second kappa shape index (κ2) is 7.03. The third-order valence-electron chi connectivity index (χ3n) is 1.41. The van der Waals surface area contributed by atoms with Gasteiger partial charge in [-0.15, -0.1) is 0 Å². The lowest BCUT2D eigenvalue weighted by Crippen LogP contribution is -2.19. The van der Waals surface area contributed by atoms with Crippen LogP contribution in [-0.4, -0.2) is 19.7 Å². The summed E-state index contributed by atoms with van der Waals surface area (Å²) in [5, 5.41) is 13.0. The molecule has 0 aromatic rings. The highest BCUT2D eigenvalue weighted by atomic mass is 16.3. The standard InChI is InChI=1S/C8H18NO/c1-8(2)4-3-5-9-6-7-10/h8-9H,3-7H2,1-2H3. The van der Waals surface area contributed by atoms with Gasteiger partial charge in [-0.1, -0.05) is 13.8 Å². The Morgan fingerprint density at radius 3 is 2.50 bits per heavy atom. The van der Waals surface area contributed by atoms with E-state index in [2.05, 4.69) is 19.2 Å². The fraction of sp³-hybridized carbons (Fsp3) is 1.00. The first kappa shape index (κ1) is 9.92. The molecule has 1 N–H and O–H groups in total. The summed E-state index contributed by atoms with van der Waals surface area (Å²) >= 11 is 0. The van der Waals surface area contributed by atoms with Crippen molar-refractivity contribution in [1.29, 1.82) is 0 Å². The Balaban J connectivity index is 2.77. The molecule has 0 rings (SSSR count). The molecular weight excluding hydrogens is 126 g/mol. The zero-order valence-electron chi connectivity index (χ0n) is 7.02. The molecule has 0 aromatic heterocycles. The van der Waals surface area contributed by atoms with E-state index in [9.17, 15) is 5.11 Å². The quantitative estimate of drug-likeness (QED) is 0.562. The SMILES string of the molecule is CC(C)CCCNCC[O].